The standard InChI is InChI=1S/C16H17F4NO3/c1-9(10-4-2-3-5-13(10)17)6-14(22)21-7-11(15(23)24)12(8-21)16(18,19)20/h2-5,9,11-12H,6-8H2,1H3,(H,23,24)/t9?,11-,12-/m1/s1. The number of nitrogens with zero attached hydrogens (tertiary/aromatic N) is 1. The zero-order valence-electron chi connectivity index (χ0n) is 12.9. The lowest BCUT2D eigenvalue weighted by Crippen LogP contribution is -2.34. The molecule has 1 unspecified atom stereocenters. The maximum absolute atomic E-state index is 13.7. The van der Waals surface area contributed by atoms with Gasteiger partial charge in [-0.15, -0.1) is 0 Å². The van der Waals surface area contributed by atoms with E-state index in [9.17, 15) is 27.2 Å². The lowest BCUT2D eigenvalue weighted by atomic mass is 9.96. The molecule has 0 spiro atoms. The zero-order valence-corrected chi connectivity index (χ0v) is 12.9. The highest BCUT2D eigenvalue weighted by Gasteiger charge is 2.53. The molecule has 1 fully saturated rings. The smallest absolute Gasteiger partial charge is 0.394 e. The van der Waals surface area contributed by atoms with Gasteiger partial charge in [0, 0.05) is 19.5 Å². The number of likely N-dealkylation sites (tertiary alicyclic amines) is 1. The lowest BCUT2D eigenvalue weighted by molar-refractivity contribution is -0.188. The van der Waals surface area contributed by atoms with Crippen LogP contribution in [0.3, 0.4) is 0 Å². The average molecular weight is 347 g/mol. The summed E-state index contributed by atoms with van der Waals surface area (Å²) in [6.07, 6.45) is -4.87. The molecule has 0 saturated carbocycles. The number of hydrogen-bond donors (Lipinski definition) is 1. The highest BCUT2D eigenvalue weighted by atomic mass is 19.4. The van der Waals surface area contributed by atoms with Crippen LogP contribution in [0, 0.1) is 17.7 Å². The Morgan fingerprint density at radius 2 is 1.92 bits per heavy atom. The van der Waals surface area contributed by atoms with Gasteiger partial charge in [0.05, 0.1) is 11.8 Å². The van der Waals surface area contributed by atoms with Crippen molar-refractivity contribution in [3.63, 3.8) is 0 Å². The van der Waals surface area contributed by atoms with Crippen LogP contribution in [-0.4, -0.2) is 41.1 Å². The molecule has 0 radical (unpaired) electrons. The fourth-order valence-corrected chi connectivity index (χ4v) is 2.97. The minimum absolute atomic E-state index is 0.183. The van der Waals surface area contributed by atoms with Crippen molar-refractivity contribution < 1.29 is 32.3 Å². The van der Waals surface area contributed by atoms with Crippen LogP contribution in [0.4, 0.5) is 17.6 Å². The van der Waals surface area contributed by atoms with Crippen molar-refractivity contribution in [2.24, 2.45) is 11.8 Å². The van der Waals surface area contributed by atoms with E-state index in [1.807, 2.05) is 0 Å². The zero-order chi connectivity index (χ0) is 18.1. The molecule has 1 amide bonds. The third-order valence-electron chi connectivity index (χ3n) is 4.33. The molecule has 1 aromatic rings. The van der Waals surface area contributed by atoms with Gasteiger partial charge in [0.2, 0.25) is 5.91 Å². The molecule has 1 saturated heterocycles. The van der Waals surface area contributed by atoms with Gasteiger partial charge in [-0.3, -0.25) is 9.59 Å². The number of benzene rings is 1. The van der Waals surface area contributed by atoms with Crippen LogP contribution in [0.5, 0.6) is 0 Å². The molecule has 2 rings (SSSR count). The number of aliphatic carboxylic acids is 1. The summed E-state index contributed by atoms with van der Waals surface area (Å²) in [4.78, 5) is 24.2. The van der Waals surface area contributed by atoms with E-state index in [0.29, 0.717) is 5.56 Å². The third kappa shape index (κ3) is 3.85. The van der Waals surface area contributed by atoms with Crippen molar-refractivity contribution in [3.8, 4) is 0 Å². The summed E-state index contributed by atoms with van der Waals surface area (Å²) in [5.74, 6) is -6.94. The van der Waals surface area contributed by atoms with E-state index in [-0.39, 0.29) is 6.42 Å². The molecule has 24 heavy (non-hydrogen) atoms. The number of carbonyl (C=O) groups is 2. The number of carbonyl (C=O) groups excluding carboxylic acids is 1. The average Bonchev–Trinajstić information content (AvgIpc) is 2.93. The van der Waals surface area contributed by atoms with Crippen molar-refractivity contribution in [2.45, 2.75) is 25.4 Å². The first-order chi connectivity index (χ1) is 11.1. The predicted octanol–water partition coefficient (Wildman–Crippen LogP) is 3.04. The Labute approximate surface area is 136 Å². The molecule has 1 N–H and O–H groups in total. The Kier molecular flexibility index (Phi) is 5.15. The molecule has 132 valence electrons. The Morgan fingerprint density at radius 1 is 1.29 bits per heavy atom. The number of rotatable bonds is 4. The van der Waals surface area contributed by atoms with Gasteiger partial charge in [0.15, 0.2) is 0 Å². The van der Waals surface area contributed by atoms with Crippen LogP contribution in [-0.2, 0) is 9.59 Å². The van der Waals surface area contributed by atoms with Crippen LogP contribution < -0.4 is 0 Å². The second-order valence-corrected chi connectivity index (χ2v) is 6.02. The minimum atomic E-state index is -4.69. The molecule has 0 aliphatic carbocycles. The first-order valence-electron chi connectivity index (χ1n) is 7.43. The fourth-order valence-electron chi connectivity index (χ4n) is 2.97. The van der Waals surface area contributed by atoms with Crippen molar-refractivity contribution in [3.05, 3.63) is 35.6 Å². The van der Waals surface area contributed by atoms with Crippen LogP contribution in [0.1, 0.15) is 24.8 Å². The van der Waals surface area contributed by atoms with Crippen LogP contribution in [0.15, 0.2) is 24.3 Å². The van der Waals surface area contributed by atoms with Crippen molar-refractivity contribution in [2.75, 3.05) is 13.1 Å². The number of alkyl halides is 3. The Hall–Kier alpha value is -2.12. The number of carboxylic acid groups (broad SMARTS) is 1. The van der Waals surface area contributed by atoms with Gasteiger partial charge in [-0.05, 0) is 17.5 Å². The maximum Gasteiger partial charge on any atom is 0.394 e. The summed E-state index contributed by atoms with van der Waals surface area (Å²) in [7, 11) is 0. The lowest BCUT2D eigenvalue weighted by Gasteiger charge is -2.20. The molecule has 8 heteroatoms. The highest BCUT2D eigenvalue weighted by Crippen LogP contribution is 2.38. The summed E-state index contributed by atoms with van der Waals surface area (Å²) < 4.78 is 52.5. The second-order valence-electron chi connectivity index (χ2n) is 6.02. The van der Waals surface area contributed by atoms with Crippen LogP contribution in [0.25, 0.3) is 0 Å². The summed E-state index contributed by atoms with van der Waals surface area (Å²) in [6.45, 7) is 0.438. The molecule has 1 aliphatic heterocycles. The van der Waals surface area contributed by atoms with Crippen molar-refractivity contribution >= 4 is 11.9 Å². The molecular formula is C16H17F4NO3. The number of halogens is 4. The largest absolute Gasteiger partial charge is 0.481 e. The molecule has 3 atom stereocenters. The van der Waals surface area contributed by atoms with Crippen molar-refractivity contribution in [1.82, 2.24) is 4.90 Å². The van der Waals surface area contributed by atoms with Gasteiger partial charge >= 0.3 is 12.1 Å². The van der Waals surface area contributed by atoms with E-state index in [2.05, 4.69) is 0 Å². The third-order valence-corrected chi connectivity index (χ3v) is 4.33. The summed E-state index contributed by atoms with van der Waals surface area (Å²) >= 11 is 0. The van der Waals surface area contributed by atoms with E-state index >= 15 is 0 Å². The van der Waals surface area contributed by atoms with Gasteiger partial charge in [0.25, 0.3) is 0 Å². The van der Waals surface area contributed by atoms with Gasteiger partial charge in [0.1, 0.15) is 5.82 Å². The molecule has 0 bridgehead atoms. The predicted molar refractivity (Wildman–Crippen MR) is 76.7 cm³/mol. The molecular weight excluding hydrogens is 330 g/mol. The van der Waals surface area contributed by atoms with Crippen LogP contribution >= 0.6 is 0 Å². The number of hydrogen-bond acceptors (Lipinski definition) is 2. The van der Waals surface area contributed by atoms with Gasteiger partial charge in [-0.2, -0.15) is 13.2 Å². The topological polar surface area (TPSA) is 57.6 Å². The molecule has 4 nitrogen and oxygen atoms in total. The van der Waals surface area contributed by atoms with Crippen LogP contribution in [0.2, 0.25) is 0 Å². The summed E-state index contributed by atoms with van der Waals surface area (Å²) in [5.41, 5.74) is 0.298. The summed E-state index contributed by atoms with van der Waals surface area (Å²) in [5, 5.41) is 8.96. The SMILES string of the molecule is CC(CC(=O)N1C[C@@H](C(F)(F)F)[C@H](C(=O)O)C1)c1ccccc1F. The van der Waals surface area contributed by atoms with Crippen molar-refractivity contribution in [1.29, 1.82) is 0 Å². The Morgan fingerprint density at radius 3 is 2.42 bits per heavy atom. The first kappa shape index (κ1) is 18.2. The quantitative estimate of drug-likeness (QED) is 0.852. The maximum atomic E-state index is 13.7. The molecule has 1 aliphatic rings. The van der Waals surface area contributed by atoms with E-state index in [1.54, 1.807) is 13.0 Å². The molecule has 1 heterocycles. The monoisotopic (exact) mass is 347 g/mol. The summed E-state index contributed by atoms with van der Waals surface area (Å²) in [6, 6.07) is 5.86. The van der Waals surface area contributed by atoms with E-state index < -0.39 is 54.7 Å². The fraction of sp³-hybridized carbons (Fsp3) is 0.500. The van der Waals surface area contributed by atoms with E-state index in [4.69, 9.17) is 5.11 Å². The van der Waals surface area contributed by atoms with E-state index in [1.165, 1.54) is 18.2 Å². The Bertz CT molecular complexity index is 632. The normalized spacial score (nSPS) is 22.5. The van der Waals surface area contributed by atoms with Gasteiger partial charge < -0.3 is 10.0 Å². The van der Waals surface area contributed by atoms with Gasteiger partial charge in [-0.25, -0.2) is 4.39 Å². The van der Waals surface area contributed by atoms with Gasteiger partial charge in [-0.1, -0.05) is 25.1 Å². The molecule has 1 aromatic carbocycles. The first-order valence-corrected chi connectivity index (χ1v) is 7.43. The minimum Gasteiger partial charge on any atom is -0.481 e. The Balaban J connectivity index is 2.08. The number of carboxylic acids is 1. The van der Waals surface area contributed by atoms with E-state index in [0.717, 1.165) is 4.90 Å². The molecule has 0 aromatic heterocycles. The second kappa shape index (κ2) is 6.78. The highest BCUT2D eigenvalue weighted by molar-refractivity contribution is 5.79. The number of amides is 1.